The van der Waals surface area contributed by atoms with Crippen molar-refractivity contribution in [3.05, 3.63) is 0 Å². The smallest absolute Gasteiger partial charge is 0.310 e. The summed E-state index contributed by atoms with van der Waals surface area (Å²) in [4.78, 5) is 82.4. The molecule has 332 valence electrons. The minimum Gasteiger partial charge on any atom is -0.469 e. The van der Waals surface area contributed by atoms with Crippen molar-refractivity contribution in [3.63, 3.8) is 0 Å². The predicted octanol–water partition coefficient (Wildman–Crippen LogP) is 0.0219. The van der Waals surface area contributed by atoms with Crippen LogP contribution in [0.3, 0.4) is 0 Å². The first-order chi connectivity index (χ1) is 28.3. The third-order valence-corrected chi connectivity index (χ3v) is 15.3. The Hall–Kier alpha value is -3.30. The molecule has 0 radical (unpaired) electrons. The number of carbonyl (C=O) groups is 6. The quantitative estimate of drug-likeness (QED) is 0.133. The Morgan fingerprint density at radius 3 is 1.12 bits per heavy atom. The zero-order chi connectivity index (χ0) is 42.2. The highest BCUT2D eigenvalue weighted by atomic mass is 16.5. The summed E-state index contributed by atoms with van der Waals surface area (Å²) in [6.45, 7) is 2.14. The van der Waals surface area contributed by atoms with E-state index in [0.717, 1.165) is 77.0 Å². The molecule has 6 saturated carbocycles. The van der Waals surface area contributed by atoms with Gasteiger partial charge in [0.05, 0.1) is 54.8 Å². The fraction of sp³-hybridized carbons (Fsp3) is 0.864. The van der Waals surface area contributed by atoms with Gasteiger partial charge in [0.1, 0.15) is 0 Å². The van der Waals surface area contributed by atoms with Crippen LogP contribution in [-0.2, 0) is 33.5 Å². The third-order valence-electron chi connectivity index (χ3n) is 15.3. The third kappa shape index (κ3) is 11.5. The van der Waals surface area contributed by atoms with Gasteiger partial charge in [-0.25, -0.2) is 0 Å². The monoisotopic (exact) mass is 830 g/mol. The summed E-state index contributed by atoms with van der Waals surface area (Å²) < 4.78 is 5.05. The molecule has 0 heterocycles. The highest BCUT2D eigenvalue weighted by Gasteiger charge is 2.44. The van der Waals surface area contributed by atoms with Crippen molar-refractivity contribution in [2.75, 3.05) is 7.11 Å². The van der Waals surface area contributed by atoms with Gasteiger partial charge in [-0.2, -0.15) is 0 Å². The molecule has 59 heavy (non-hydrogen) atoms. The molecule has 6 aliphatic carbocycles. The number of hydrogen-bond acceptors (Lipinski definition) is 7. The summed E-state index contributed by atoms with van der Waals surface area (Å²) in [5, 5.41) is 16.3. The second-order valence-electron chi connectivity index (χ2n) is 19.6. The maximum absolute atomic E-state index is 14.3. The molecule has 6 fully saturated rings. The van der Waals surface area contributed by atoms with Crippen LogP contribution in [0.15, 0.2) is 0 Å². The topological polar surface area (TPSA) is 255 Å². The minimum absolute atomic E-state index is 0.0403. The Morgan fingerprint density at radius 2 is 0.695 bits per heavy atom. The number of nitrogens with one attached hydrogen (secondary N) is 5. The Labute approximate surface area is 350 Å². The van der Waals surface area contributed by atoms with Gasteiger partial charge in [0.25, 0.3) is 0 Å². The van der Waals surface area contributed by atoms with Crippen LogP contribution in [0.25, 0.3) is 0 Å². The predicted molar refractivity (Wildman–Crippen MR) is 219 cm³/mol. The number of ether oxygens (including phenoxy) is 1. The number of amides is 5. The number of rotatable bonds is 11. The molecule has 15 unspecified atom stereocenters. The lowest BCUT2D eigenvalue weighted by Crippen LogP contribution is -2.67. The Balaban J connectivity index is 1.07. The van der Waals surface area contributed by atoms with E-state index in [2.05, 4.69) is 50.7 Å². The average molecular weight is 830 g/mol. The molecular weight excluding hydrogens is 753 g/mol. The maximum Gasteiger partial charge on any atom is 0.310 e. The molecule has 15 atom stereocenters. The molecule has 0 aromatic carbocycles. The van der Waals surface area contributed by atoms with Crippen molar-refractivity contribution < 1.29 is 50.7 Å². The standard InChI is InChI=1S/C44H74N8O7/c1-24-15-16-25(45)21-31(24)41(55)48-34-12-6-3-9-28(34)39(53)51-37-19-17-26(46)22-32(37)42(56)49-35-13-7-4-10-29(35)40(54)52-38-20-18-27(47)23-33(38)43(57)50-36-14-8-5-11-30(36)44(58)59-2/h24-38H,3-23,45-47H2,1-2H3,(H,48,55)(H,49,56)(H,50,57)(H,51,53)(H,52,54)/p+3. The van der Waals surface area contributed by atoms with Crippen LogP contribution < -0.4 is 43.8 Å². The van der Waals surface area contributed by atoms with Crippen LogP contribution in [0, 0.1) is 41.4 Å². The van der Waals surface area contributed by atoms with Crippen molar-refractivity contribution in [2.24, 2.45) is 41.4 Å². The van der Waals surface area contributed by atoms with Gasteiger partial charge >= 0.3 is 5.97 Å². The number of methoxy groups -OCH3 is 1. The molecule has 0 aromatic rings. The first-order valence-electron chi connectivity index (χ1n) is 23.4. The zero-order valence-corrected chi connectivity index (χ0v) is 36.0. The second-order valence-corrected chi connectivity index (χ2v) is 19.6. The highest BCUT2D eigenvalue weighted by Crippen LogP contribution is 2.34. The number of carbonyl (C=O) groups excluding carboxylic acids is 6. The fourth-order valence-electron chi connectivity index (χ4n) is 11.6. The first kappa shape index (κ1) is 45.2. The van der Waals surface area contributed by atoms with E-state index in [4.69, 9.17) is 4.74 Å². The Morgan fingerprint density at radius 1 is 0.390 bits per heavy atom. The molecule has 15 heteroatoms. The van der Waals surface area contributed by atoms with Crippen molar-refractivity contribution in [1.82, 2.24) is 26.6 Å². The van der Waals surface area contributed by atoms with E-state index in [-0.39, 0.29) is 102 Å². The van der Waals surface area contributed by atoms with Crippen molar-refractivity contribution in [1.29, 1.82) is 0 Å². The molecule has 0 bridgehead atoms. The van der Waals surface area contributed by atoms with E-state index >= 15 is 0 Å². The molecule has 5 amide bonds. The molecule has 14 N–H and O–H groups in total. The summed E-state index contributed by atoms with van der Waals surface area (Å²) in [5.41, 5.74) is 12.8. The van der Waals surface area contributed by atoms with Crippen molar-refractivity contribution in [2.45, 2.75) is 190 Å². The molecule has 6 aliphatic rings. The van der Waals surface area contributed by atoms with Gasteiger partial charge < -0.3 is 48.5 Å². The average Bonchev–Trinajstić information content (AvgIpc) is 3.23. The molecule has 6 rings (SSSR count). The van der Waals surface area contributed by atoms with Gasteiger partial charge in [0.15, 0.2) is 0 Å². The molecule has 15 nitrogen and oxygen atoms in total. The molecule has 0 spiro atoms. The normalized spacial score (nSPS) is 39.1. The van der Waals surface area contributed by atoms with Crippen molar-refractivity contribution in [3.8, 4) is 0 Å². The van der Waals surface area contributed by atoms with E-state index in [1.54, 1.807) is 0 Å². The van der Waals surface area contributed by atoms with E-state index in [0.29, 0.717) is 63.7 Å². The summed E-state index contributed by atoms with van der Waals surface area (Å²) in [6, 6.07) is -1.19. The number of hydrogen-bond donors (Lipinski definition) is 8. The van der Waals surface area contributed by atoms with Gasteiger partial charge in [0.2, 0.25) is 29.5 Å². The van der Waals surface area contributed by atoms with Crippen LogP contribution in [-0.4, -0.2) is 90.9 Å². The van der Waals surface area contributed by atoms with Crippen molar-refractivity contribution >= 4 is 35.5 Å². The number of quaternary nitrogens is 3. The van der Waals surface area contributed by atoms with Crippen LogP contribution in [0.5, 0.6) is 0 Å². The Kier molecular flexibility index (Phi) is 16.1. The highest BCUT2D eigenvalue weighted by molar-refractivity contribution is 5.87. The SMILES string of the molecule is COC(=O)C1CCCCC1NC(=O)C1CC([NH3+])CCC1NC(=O)C1CCCCC1NC(=O)C1CC([NH3+])CCC1NC(=O)C1CCCCC1NC(=O)C1CC([NH3+])CCC1C. The maximum atomic E-state index is 14.3. The van der Waals surface area contributed by atoms with Crippen LogP contribution >= 0.6 is 0 Å². The molecule has 0 aromatic heterocycles. The summed E-state index contributed by atoms with van der Waals surface area (Å²) >= 11 is 0. The Bertz CT molecular complexity index is 1500. The van der Waals surface area contributed by atoms with E-state index in [1.807, 2.05) is 0 Å². The lowest BCUT2D eigenvalue weighted by molar-refractivity contribution is -0.428. The lowest BCUT2D eigenvalue weighted by atomic mass is 9.76. The summed E-state index contributed by atoms with van der Waals surface area (Å²) in [6.07, 6.45) is 16.4. The largest absolute Gasteiger partial charge is 0.469 e. The van der Waals surface area contributed by atoms with Gasteiger partial charge in [-0.15, -0.1) is 0 Å². The molecule has 0 aliphatic heterocycles. The van der Waals surface area contributed by atoms with Gasteiger partial charge in [-0.3, -0.25) is 28.8 Å². The summed E-state index contributed by atoms with van der Waals surface area (Å²) in [5.74, 6) is -2.72. The minimum atomic E-state index is -0.483. The van der Waals surface area contributed by atoms with Gasteiger partial charge in [-0.05, 0) is 70.1 Å². The zero-order valence-electron chi connectivity index (χ0n) is 36.0. The first-order valence-corrected chi connectivity index (χ1v) is 23.4. The van der Waals surface area contributed by atoms with E-state index in [1.165, 1.54) is 7.11 Å². The van der Waals surface area contributed by atoms with Crippen LogP contribution in [0.1, 0.15) is 142 Å². The lowest BCUT2D eigenvalue weighted by Gasteiger charge is -2.39. The molecule has 0 saturated heterocycles. The van der Waals surface area contributed by atoms with Gasteiger partial charge in [-0.1, -0.05) is 45.4 Å². The molecular formula is C44H77N8O7+3. The van der Waals surface area contributed by atoms with E-state index in [9.17, 15) is 28.8 Å². The second kappa shape index (κ2) is 21.0. The fourth-order valence-corrected chi connectivity index (χ4v) is 11.6. The van der Waals surface area contributed by atoms with E-state index < -0.39 is 17.8 Å². The summed E-state index contributed by atoms with van der Waals surface area (Å²) in [7, 11) is 1.38. The number of esters is 1. The van der Waals surface area contributed by atoms with Gasteiger partial charge in [0, 0.05) is 68.2 Å². The van der Waals surface area contributed by atoms with Crippen LogP contribution in [0.4, 0.5) is 0 Å². The van der Waals surface area contributed by atoms with Crippen LogP contribution in [0.2, 0.25) is 0 Å².